The van der Waals surface area contributed by atoms with Gasteiger partial charge in [0.25, 0.3) is 0 Å². The maximum atomic E-state index is 13.3. The molecule has 2 aromatic rings. The zero-order chi connectivity index (χ0) is 17.2. The van der Waals surface area contributed by atoms with E-state index in [4.69, 9.17) is 4.74 Å². The molecule has 0 saturated carbocycles. The normalized spacial score (nSPS) is 12.8. The van der Waals surface area contributed by atoms with Crippen LogP contribution in [0.4, 0.5) is 13.6 Å². The largest absolute Gasteiger partial charge is 0.444 e. The predicted octanol–water partition coefficient (Wildman–Crippen LogP) is 3.94. The van der Waals surface area contributed by atoms with E-state index >= 15 is 0 Å². The van der Waals surface area contributed by atoms with Crippen LogP contribution in [0.3, 0.4) is 0 Å². The minimum atomic E-state index is -0.932. The fraction of sp³-hybridized carbons (Fsp3) is 0.375. The predicted molar refractivity (Wildman–Crippen MR) is 81.7 cm³/mol. The molecule has 1 aromatic carbocycles. The maximum Gasteiger partial charge on any atom is 0.408 e. The third kappa shape index (κ3) is 4.51. The number of aromatic amines is 1. The molecule has 0 saturated heterocycles. The zero-order valence-corrected chi connectivity index (χ0v) is 13.4. The van der Waals surface area contributed by atoms with Crippen molar-refractivity contribution in [2.45, 2.75) is 39.3 Å². The number of alkyl carbamates (subject to hydrolysis) is 1. The Labute approximate surface area is 133 Å². The summed E-state index contributed by atoms with van der Waals surface area (Å²) in [6.45, 7) is 7.04. The number of ether oxygens (including phenoxy) is 1. The number of aromatic nitrogens is 2. The van der Waals surface area contributed by atoms with Crippen LogP contribution in [0.2, 0.25) is 0 Å². The van der Waals surface area contributed by atoms with Gasteiger partial charge in [0.2, 0.25) is 0 Å². The highest BCUT2D eigenvalue weighted by atomic mass is 19.2. The van der Waals surface area contributed by atoms with Crippen molar-refractivity contribution in [3.8, 4) is 11.3 Å². The lowest BCUT2D eigenvalue weighted by Gasteiger charge is -2.21. The second kappa shape index (κ2) is 6.36. The van der Waals surface area contributed by atoms with E-state index in [0.29, 0.717) is 17.1 Å². The summed E-state index contributed by atoms with van der Waals surface area (Å²) in [4.78, 5) is 18.9. The van der Waals surface area contributed by atoms with Gasteiger partial charge in [-0.25, -0.2) is 18.6 Å². The fourth-order valence-electron chi connectivity index (χ4n) is 1.92. The van der Waals surface area contributed by atoms with Gasteiger partial charge in [-0.15, -0.1) is 0 Å². The average Bonchev–Trinajstić information content (AvgIpc) is 2.89. The van der Waals surface area contributed by atoms with Crippen molar-refractivity contribution >= 4 is 6.09 Å². The van der Waals surface area contributed by atoms with Crippen molar-refractivity contribution < 1.29 is 18.3 Å². The number of H-pyrrole nitrogens is 1. The standard InChI is InChI=1S/C16H19F2N3O2/c1-9(20-15(22)23-16(2,3)4)14-19-8-13(21-14)10-5-6-11(17)12(18)7-10/h5-9H,1-4H3,(H,19,21)(H,20,22). The number of carbonyl (C=O) groups is 1. The summed E-state index contributed by atoms with van der Waals surface area (Å²) < 4.78 is 31.4. The van der Waals surface area contributed by atoms with Gasteiger partial charge in [0, 0.05) is 5.56 Å². The smallest absolute Gasteiger partial charge is 0.408 e. The fourth-order valence-corrected chi connectivity index (χ4v) is 1.92. The molecule has 1 aromatic heterocycles. The summed E-state index contributed by atoms with van der Waals surface area (Å²) in [5, 5.41) is 2.65. The number of imidazole rings is 1. The molecule has 1 atom stereocenters. The van der Waals surface area contributed by atoms with Crippen molar-refractivity contribution in [3.05, 3.63) is 41.9 Å². The first-order valence-corrected chi connectivity index (χ1v) is 7.15. The van der Waals surface area contributed by atoms with Crippen molar-refractivity contribution in [2.75, 3.05) is 0 Å². The van der Waals surface area contributed by atoms with Crippen LogP contribution in [0.5, 0.6) is 0 Å². The monoisotopic (exact) mass is 323 g/mol. The van der Waals surface area contributed by atoms with E-state index in [2.05, 4.69) is 15.3 Å². The molecule has 0 radical (unpaired) electrons. The molecular formula is C16H19F2N3O2. The molecule has 2 N–H and O–H groups in total. The molecule has 1 heterocycles. The van der Waals surface area contributed by atoms with E-state index in [1.165, 1.54) is 12.3 Å². The van der Waals surface area contributed by atoms with Gasteiger partial charge < -0.3 is 15.0 Å². The maximum absolute atomic E-state index is 13.3. The molecule has 5 nitrogen and oxygen atoms in total. The molecular weight excluding hydrogens is 304 g/mol. The topological polar surface area (TPSA) is 67.0 Å². The molecule has 0 aliphatic rings. The van der Waals surface area contributed by atoms with Crippen molar-refractivity contribution in [3.63, 3.8) is 0 Å². The van der Waals surface area contributed by atoms with E-state index in [9.17, 15) is 13.6 Å². The summed E-state index contributed by atoms with van der Waals surface area (Å²) in [5.41, 5.74) is 0.396. The van der Waals surface area contributed by atoms with Gasteiger partial charge in [-0.1, -0.05) is 0 Å². The molecule has 0 bridgehead atoms. The first-order valence-electron chi connectivity index (χ1n) is 7.15. The SMILES string of the molecule is CC(NC(=O)OC(C)(C)C)c1ncc(-c2ccc(F)c(F)c2)[nH]1. The molecule has 0 aliphatic carbocycles. The number of halogens is 2. The molecule has 2 rings (SSSR count). The van der Waals surface area contributed by atoms with Crippen LogP contribution in [-0.4, -0.2) is 21.7 Å². The number of hydrogen-bond donors (Lipinski definition) is 2. The molecule has 0 aliphatic heterocycles. The Morgan fingerprint density at radius 3 is 2.61 bits per heavy atom. The highest BCUT2D eigenvalue weighted by molar-refractivity contribution is 5.68. The van der Waals surface area contributed by atoms with Crippen LogP contribution in [0.15, 0.2) is 24.4 Å². The lowest BCUT2D eigenvalue weighted by atomic mass is 10.1. The minimum absolute atomic E-state index is 0.427. The Morgan fingerprint density at radius 1 is 1.30 bits per heavy atom. The molecule has 0 fully saturated rings. The van der Waals surface area contributed by atoms with Crippen LogP contribution < -0.4 is 5.32 Å². The number of carbonyl (C=O) groups excluding carboxylic acids is 1. The summed E-state index contributed by atoms with van der Waals surface area (Å²) >= 11 is 0. The summed E-state index contributed by atoms with van der Waals surface area (Å²) in [6.07, 6.45) is 0.936. The van der Waals surface area contributed by atoms with Crippen molar-refractivity contribution in [1.29, 1.82) is 0 Å². The summed E-state index contributed by atoms with van der Waals surface area (Å²) in [6, 6.07) is 3.15. The quantitative estimate of drug-likeness (QED) is 0.899. The third-order valence-corrected chi connectivity index (χ3v) is 2.97. The Balaban J connectivity index is 2.09. The van der Waals surface area contributed by atoms with Gasteiger partial charge in [0.15, 0.2) is 11.6 Å². The third-order valence-electron chi connectivity index (χ3n) is 2.97. The van der Waals surface area contributed by atoms with Gasteiger partial charge in [-0.3, -0.25) is 0 Å². The van der Waals surface area contributed by atoms with Crippen LogP contribution in [0.25, 0.3) is 11.3 Å². The van der Waals surface area contributed by atoms with Gasteiger partial charge in [-0.2, -0.15) is 0 Å². The number of hydrogen-bond acceptors (Lipinski definition) is 3. The van der Waals surface area contributed by atoms with Crippen molar-refractivity contribution in [1.82, 2.24) is 15.3 Å². The number of amides is 1. The van der Waals surface area contributed by atoms with Crippen LogP contribution >= 0.6 is 0 Å². The Morgan fingerprint density at radius 2 is 2.00 bits per heavy atom. The average molecular weight is 323 g/mol. The second-order valence-corrected chi connectivity index (χ2v) is 6.18. The van der Waals surface area contributed by atoms with Crippen LogP contribution in [-0.2, 0) is 4.74 Å². The van der Waals surface area contributed by atoms with Crippen LogP contribution in [0.1, 0.15) is 39.6 Å². The van der Waals surface area contributed by atoms with Gasteiger partial charge >= 0.3 is 6.09 Å². The van der Waals surface area contributed by atoms with E-state index < -0.39 is 29.4 Å². The number of nitrogens with one attached hydrogen (secondary N) is 2. The molecule has 23 heavy (non-hydrogen) atoms. The van der Waals surface area contributed by atoms with E-state index in [-0.39, 0.29) is 0 Å². The summed E-state index contributed by atoms with van der Waals surface area (Å²) in [5.74, 6) is -1.36. The summed E-state index contributed by atoms with van der Waals surface area (Å²) in [7, 11) is 0. The van der Waals surface area contributed by atoms with E-state index in [0.717, 1.165) is 12.1 Å². The van der Waals surface area contributed by atoms with E-state index in [1.807, 2.05) is 0 Å². The van der Waals surface area contributed by atoms with Crippen molar-refractivity contribution in [2.24, 2.45) is 0 Å². The van der Waals surface area contributed by atoms with Crippen LogP contribution in [0, 0.1) is 11.6 Å². The molecule has 124 valence electrons. The van der Waals surface area contributed by atoms with Gasteiger partial charge in [-0.05, 0) is 45.9 Å². The lowest BCUT2D eigenvalue weighted by molar-refractivity contribution is 0.0506. The second-order valence-electron chi connectivity index (χ2n) is 6.18. The zero-order valence-electron chi connectivity index (χ0n) is 13.4. The Hall–Kier alpha value is -2.44. The molecule has 7 heteroatoms. The highest BCUT2D eigenvalue weighted by Gasteiger charge is 2.19. The Bertz CT molecular complexity index is 708. The first-order chi connectivity index (χ1) is 10.7. The minimum Gasteiger partial charge on any atom is -0.444 e. The molecule has 0 spiro atoms. The highest BCUT2D eigenvalue weighted by Crippen LogP contribution is 2.21. The Kier molecular flexibility index (Phi) is 4.68. The first kappa shape index (κ1) is 16.9. The van der Waals surface area contributed by atoms with Gasteiger partial charge in [0.05, 0.1) is 17.9 Å². The molecule has 1 unspecified atom stereocenters. The molecule has 1 amide bonds. The lowest BCUT2D eigenvalue weighted by Crippen LogP contribution is -2.34. The number of benzene rings is 1. The number of nitrogens with zero attached hydrogens (tertiary/aromatic N) is 1. The number of rotatable bonds is 3. The van der Waals surface area contributed by atoms with Gasteiger partial charge in [0.1, 0.15) is 11.4 Å². The van der Waals surface area contributed by atoms with E-state index in [1.54, 1.807) is 27.7 Å².